The number of carbonyl (C=O) groups is 1. The van der Waals surface area contributed by atoms with Crippen LogP contribution >= 0.6 is 0 Å². The van der Waals surface area contributed by atoms with Crippen LogP contribution in [0.4, 0.5) is 5.69 Å². The van der Waals surface area contributed by atoms with E-state index in [4.69, 9.17) is 0 Å². The maximum absolute atomic E-state index is 12.4. The predicted molar refractivity (Wildman–Crippen MR) is 82.7 cm³/mol. The highest BCUT2D eigenvalue weighted by atomic mass is 16.2. The van der Waals surface area contributed by atoms with Crippen molar-refractivity contribution >= 4 is 11.6 Å². The molecule has 110 valence electrons. The van der Waals surface area contributed by atoms with Crippen LogP contribution in [0.1, 0.15) is 31.7 Å². The van der Waals surface area contributed by atoms with Crippen molar-refractivity contribution in [1.82, 2.24) is 10.2 Å². The van der Waals surface area contributed by atoms with Gasteiger partial charge in [-0.1, -0.05) is 12.1 Å². The Hall–Kier alpha value is -1.39. The zero-order valence-electron chi connectivity index (χ0n) is 12.7. The molecule has 0 spiro atoms. The van der Waals surface area contributed by atoms with E-state index in [0.717, 1.165) is 38.0 Å². The minimum absolute atomic E-state index is 0.0687. The Balaban J connectivity index is 2.03. The molecule has 1 atom stereocenters. The molecule has 1 aliphatic heterocycles. The van der Waals surface area contributed by atoms with Gasteiger partial charge >= 0.3 is 0 Å². The highest BCUT2D eigenvalue weighted by Crippen LogP contribution is 2.21. The summed E-state index contributed by atoms with van der Waals surface area (Å²) in [5, 5.41) is 6.39. The highest BCUT2D eigenvalue weighted by Gasteiger charge is 2.34. The van der Waals surface area contributed by atoms with Crippen molar-refractivity contribution in [3.05, 3.63) is 29.8 Å². The molecule has 4 nitrogen and oxygen atoms in total. The molecule has 1 saturated heterocycles. The number of nitrogens with one attached hydrogen (secondary N) is 2. The minimum atomic E-state index is -0.435. The molecule has 2 rings (SSSR count). The van der Waals surface area contributed by atoms with Gasteiger partial charge in [0.25, 0.3) is 0 Å². The lowest BCUT2D eigenvalue weighted by Gasteiger charge is -2.33. The first-order chi connectivity index (χ1) is 9.49. The minimum Gasteiger partial charge on any atom is -0.324 e. The second-order valence-corrected chi connectivity index (χ2v) is 6.11. The highest BCUT2D eigenvalue weighted by molar-refractivity contribution is 5.97. The molecule has 1 fully saturated rings. The third-order valence-corrected chi connectivity index (χ3v) is 3.80. The van der Waals surface area contributed by atoms with Gasteiger partial charge in [-0.05, 0) is 64.5 Å². The molecule has 1 aromatic carbocycles. The summed E-state index contributed by atoms with van der Waals surface area (Å²) in [7, 11) is 4.08. The van der Waals surface area contributed by atoms with Gasteiger partial charge in [-0.2, -0.15) is 0 Å². The number of benzene rings is 1. The van der Waals surface area contributed by atoms with Gasteiger partial charge in [0.1, 0.15) is 0 Å². The molecule has 1 unspecified atom stereocenters. The molecule has 1 aliphatic rings. The van der Waals surface area contributed by atoms with Crippen LogP contribution in [-0.2, 0) is 11.3 Å². The van der Waals surface area contributed by atoms with Crippen LogP contribution in [0.25, 0.3) is 0 Å². The molecular formula is C16H25N3O. The number of rotatable bonds is 4. The van der Waals surface area contributed by atoms with E-state index >= 15 is 0 Å². The maximum Gasteiger partial charge on any atom is 0.244 e. The van der Waals surface area contributed by atoms with E-state index in [1.807, 2.05) is 39.2 Å². The summed E-state index contributed by atoms with van der Waals surface area (Å²) in [6.45, 7) is 3.79. The summed E-state index contributed by atoms with van der Waals surface area (Å²) in [6.07, 6.45) is 3.16. The summed E-state index contributed by atoms with van der Waals surface area (Å²) < 4.78 is 0. The van der Waals surface area contributed by atoms with Gasteiger partial charge in [0.15, 0.2) is 0 Å². The number of anilines is 1. The summed E-state index contributed by atoms with van der Waals surface area (Å²) >= 11 is 0. The summed E-state index contributed by atoms with van der Waals surface area (Å²) in [5.41, 5.74) is 1.65. The fourth-order valence-corrected chi connectivity index (χ4v) is 2.63. The van der Waals surface area contributed by atoms with Gasteiger partial charge in [0.2, 0.25) is 5.91 Å². The first-order valence-corrected chi connectivity index (χ1v) is 7.30. The van der Waals surface area contributed by atoms with Crippen LogP contribution in [0, 0.1) is 0 Å². The second kappa shape index (κ2) is 6.37. The number of amides is 1. The molecule has 0 aromatic heterocycles. The Kier molecular flexibility index (Phi) is 4.78. The predicted octanol–water partition coefficient (Wildman–Crippen LogP) is 2.22. The average Bonchev–Trinajstić information content (AvgIpc) is 2.39. The summed E-state index contributed by atoms with van der Waals surface area (Å²) in [4.78, 5) is 14.6. The van der Waals surface area contributed by atoms with E-state index in [-0.39, 0.29) is 5.91 Å². The van der Waals surface area contributed by atoms with Crippen LogP contribution in [-0.4, -0.2) is 37.0 Å². The van der Waals surface area contributed by atoms with E-state index in [0.29, 0.717) is 0 Å². The van der Waals surface area contributed by atoms with Gasteiger partial charge in [-0.25, -0.2) is 0 Å². The number of nitrogens with zero attached hydrogens (tertiary/aromatic N) is 1. The number of hydrogen-bond acceptors (Lipinski definition) is 3. The first-order valence-electron chi connectivity index (χ1n) is 7.30. The fourth-order valence-electron chi connectivity index (χ4n) is 2.63. The molecule has 0 saturated carbocycles. The van der Waals surface area contributed by atoms with E-state index in [9.17, 15) is 4.79 Å². The molecule has 20 heavy (non-hydrogen) atoms. The lowest BCUT2D eigenvalue weighted by molar-refractivity contribution is -0.122. The monoisotopic (exact) mass is 275 g/mol. The summed E-state index contributed by atoms with van der Waals surface area (Å²) in [5.74, 6) is 0.0687. The fraction of sp³-hybridized carbons (Fsp3) is 0.562. The van der Waals surface area contributed by atoms with Gasteiger partial charge in [0.05, 0.1) is 5.54 Å². The van der Waals surface area contributed by atoms with Crippen LogP contribution in [0.5, 0.6) is 0 Å². The third-order valence-electron chi connectivity index (χ3n) is 3.80. The molecule has 0 aliphatic carbocycles. The average molecular weight is 275 g/mol. The van der Waals surface area contributed by atoms with Crippen molar-refractivity contribution in [2.75, 3.05) is 26.0 Å². The Labute approximate surface area is 121 Å². The largest absolute Gasteiger partial charge is 0.324 e. The van der Waals surface area contributed by atoms with E-state index in [1.54, 1.807) is 0 Å². The van der Waals surface area contributed by atoms with Crippen LogP contribution in [0.3, 0.4) is 0 Å². The Morgan fingerprint density at radius 2 is 2.20 bits per heavy atom. The Bertz CT molecular complexity index is 465. The third kappa shape index (κ3) is 3.81. The van der Waals surface area contributed by atoms with Gasteiger partial charge in [0, 0.05) is 12.2 Å². The topological polar surface area (TPSA) is 44.4 Å². The van der Waals surface area contributed by atoms with E-state index < -0.39 is 5.54 Å². The molecule has 1 amide bonds. The zero-order chi connectivity index (χ0) is 14.6. The first kappa shape index (κ1) is 15.0. The van der Waals surface area contributed by atoms with Crippen LogP contribution < -0.4 is 10.6 Å². The second-order valence-electron chi connectivity index (χ2n) is 6.11. The van der Waals surface area contributed by atoms with Gasteiger partial charge < -0.3 is 15.5 Å². The maximum atomic E-state index is 12.4. The standard InChI is InChI=1S/C16H25N3O/c1-16(9-4-5-10-17-16)15(20)18-14-8-6-7-13(11-14)12-19(2)3/h6-8,11,17H,4-5,9-10,12H2,1-3H3,(H,18,20). The lowest BCUT2D eigenvalue weighted by Crippen LogP contribution is -2.54. The van der Waals surface area contributed by atoms with E-state index in [1.165, 1.54) is 5.56 Å². The van der Waals surface area contributed by atoms with Crippen molar-refractivity contribution in [3.8, 4) is 0 Å². The molecule has 0 bridgehead atoms. The molecule has 1 aromatic rings. The van der Waals surface area contributed by atoms with Gasteiger partial charge in [-0.15, -0.1) is 0 Å². The smallest absolute Gasteiger partial charge is 0.244 e. The molecule has 1 heterocycles. The van der Waals surface area contributed by atoms with Crippen molar-refractivity contribution in [3.63, 3.8) is 0 Å². The normalized spacial score (nSPS) is 22.8. The van der Waals surface area contributed by atoms with Crippen molar-refractivity contribution in [1.29, 1.82) is 0 Å². The van der Waals surface area contributed by atoms with Crippen LogP contribution in [0.2, 0.25) is 0 Å². The lowest BCUT2D eigenvalue weighted by atomic mass is 9.90. The quantitative estimate of drug-likeness (QED) is 0.885. The molecular weight excluding hydrogens is 250 g/mol. The van der Waals surface area contributed by atoms with Crippen molar-refractivity contribution < 1.29 is 4.79 Å². The number of carbonyl (C=O) groups excluding carboxylic acids is 1. The van der Waals surface area contributed by atoms with Crippen molar-refractivity contribution in [2.24, 2.45) is 0 Å². The molecule has 4 heteroatoms. The summed E-state index contributed by atoms with van der Waals surface area (Å²) in [6, 6.07) is 8.06. The zero-order valence-corrected chi connectivity index (χ0v) is 12.7. The Morgan fingerprint density at radius 1 is 1.40 bits per heavy atom. The van der Waals surface area contributed by atoms with Gasteiger partial charge in [-0.3, -0.25) is 4.79 Å². The SMILES string of the molecule is CN(C)Cc1cccc(NC(=O)C2(C)CCCCN2)c1. The Morgan fingerprint density at radius 3 is 2.85 bits per heavy atom. The number of hydrogen-bond donors (Lipinski definition) is 2. The van der Waals surface area contributed by atoms with Crippen molar-refractivity contribution in [2.45, 2.75) is 38.3 Å². The van der Waals surface area contributed by atoms with E-state index in [2.05, 4.69) is 21.6 Å². The molecule has 2 N–H and O–H groups in total. The molecule has 0 radical (unpaired) electrons. The number of piperidine rings is 1. The van der Waals surface area contributed by atoms with Crippen LogP contribution in [0.15, 0.2) is 24.3 Å².